The SMILES string of the molecule is CCCCCCn1c(CCC(=O)O)nc2cc(C)ccc21. The van der Waals surface area contributed by atoms with Crippen molar-refractivity contribution in [3.05, 3.63) is 29.6 Å². The van der Waals surface area contributed by atoms with Gasteiger partial charge in [-0.2, -0.15) is 0 Å². The number of carboxylic acids is 1. The minimum absolute atomic E-state index is 0.136. The molecule has 4 heteroatoms. The van der Waals surface area contributed by atoms with Crippen LogP contribution in [0.3, 0.4) is 0 Å². The molecule has 0 fully saturated rings. The van der Waals surface area contributed by atoms with Crippen LogP contribution in [0.4, 0.5) is 0 Å². The van der Waals surface area contributed by atoms with Gasteiger partial charge in [0.15, 0.2) is 0 Å². The van der Waals surface area contributed by atoms with E-state index in [1.807, 2.05) is 0 Å². The molecule has 0 amide bonds. The number of imidazole rings is 1. The first kappa shape index (κ1) is 15.5. The molecule has 2 rings (SSSR count). The maximum Gasteiger partial charge on any atom is 0.303 e. The van der Waals surface area contributed by atoms with Crippen LogP contribution in [0, 0.1) is 6.92 Å². The number of unbranched alkanes of at least 4 members (excludes halogenated alkanes) is 3. The Balaban J connectivity index is 2.23. The molecule has 1 aromatic heterocycles. The molecule has 0 atom stereocenters. The average Bonchev–Trinajstić information content (AvgIpc) is 2.78. The molecular formula is C17H24N2O2. The molecule has 2 aromatic rings. The maximum absolute atomic E-state index is 10.8. The normalized spacial score (nSPS) is 11.1. The number of nitrogens with zero attached hydrogens (tertiary/aromatic N) is 2. The standard InChI is InChI=1S/C17H24N2O2/c1-3-4-5-6-11-19-15-8-7-13(2)12-14(15)18-16(19)9-10-17(20)21/h7-8,12H,3-6,9-11H2,1-2H3,(H,20,21). The maximum atomic E-state index is 10.8. The van der Waals surface area contributed by atoms with Crippen molar-refractivity contribution in [2.45, 2.75) is 58.9 Å². The van der Waals surface area contributed by atoms with E-state index in [-0.39, 0.29) is 6.42 Å². The fourth-order valence-electron chi connectivity index (χ4n) is 2.65. The van der Waals surface area contributed by atoms with Crippen LogP contribution in [0.15, 0.2) is 18.2 Å². The highest BCUT2D eigenvalue weighted by Gasteiger charge is 2.12. The molecule has 114 valence electrons. The number of hydrogen-bond acceptors (Lipinski definition) is 2. The highest BCUT2D eigenvalue weighted by Crippen LogP contribution is 2.20. The Morgan fingerprint density at radius 2 is 2.10 bits per heavy atom. The highest BCUT2D eigenvalue weighted by molar-refractivity contribution is 5.77. The Hall–Kier alpha value is -1.84. The summed E-state index contributed by atoms with van der Waals surface area (Å²) >= 11 is 0. The minimum Gasteiger partial charge on any atom is -0.481 e. The van der Waals surface area contributed by atoms with E-state index in [0.29, 0.717) is 6.42 Å². The number of hydrogen-bond donors (Lipinski definition) is 1. The van der Waals surface area contributed by atoms with Gasteiger partial charge in [-0.1, -0.05) is 32.3 Å². The van der Waals surface area contributed by atoms with Crippen molar-refractivity contribution < 1.29 is 9.90 Å². The van der Waals surface area contributed by atoms with Crippen LogP contribution in [0.5, 0.6) is 0 Å². The topological polar surface area (TPSA) is 55.1 Å². The highest BCUT2D eigenvalue weighted by atomic mass is 16.4. The molecule has 0 unspecified atom stereocenters. The summed E-state index contributed by atoms with van der Waals surface area (Å²) in [6.45, 7) is 5.18. The summed E-state index contributed by atoms with van der Waals surface area (Å²) in [5.41, 5.74) is 3.28. The van der Waals surface area contributed by atoms with Gasteiger partial charge in [0.1, 0.15) is 5.82 Å². The van der Waals surface area contributed by atoms with Crippen LogP contribution in [0.25, 0.3) is 11.0 Å². The third-order valence-corrected chi connectivity index (χ3v) is 3.78. The number of aryl methyl sites for hydroxylation is 3. The number of carbonyl (C=O) groups is 1. The summed E-state index contributed by atoms with van der Waals surface area (Å²) in [7, 11) is 0. The van der Waals surface area contributed by atoms with E-state index in [0.717, 1.165) is 29.8 Å². The van der Waals surface area contributed by atoms with Crippen molar-refractivity contribution in [2.24, 2.45) is 0 Å². The summed E-state index contributed by atoms with van der Waals surface area (Å²) in [4.78, 5) is 15.5. The second kappa shape index (κ2) is 7.25. The molecule has 0 saturated heterocycles. The first-order chi connectivity index (χ1) is 10.1. The molecule has 0 aliphatic rings. The smallest absolute Gasteiger partial charge is 0.303 e. The van der Waals surface area contributed by atoms with E-state index in [4.69, 9.17) is 5.11 Å². The molecule has 0 saturated carbocycles. The van der Waals surface area contributed by atoms with E-state index >= 15 is 0 Å². The Kier molecular flexibility index (Phi) is 5.37. The predicted octanol–water partition coefficient (Wildman–Crippen LogP) is 3.94. The molecule has 0 aliphatic carbocycles. The van der Waals surface area contributed by atoms with E-state index in [1.54, 1.807) is 0 Å². The van der Waals surface area contributed by atoms with Gasteiger partial charge < -0.3 is 9.67 Å². The second-order valence-electron chi connectivity index (χ2n) is 5.63. The van der Waals surface area contributed by atoms with Gasteiger partial charge in [0.2, 0.25) is 0 Å². The van der Waals surface area contributed by atoms with Crippen LogP contribution in [-0.4, -0.2) is 20.6 Å². The van der Waals surface area contributed by atoms with Crippen molar-refractivity contribution in [1.29, 1.82) is 0 Å². The van der Waals surface area contributed by atoms with Gasteiger partial charge in [-0.05, 0) is 31.0 Å². The third-order valence-electron chi connectivity index (χ3n) is 3.78. The van der Waals surface area contributed by atoms with Gasteiger partial charge in [-0.3, -0.25) is 4.79 Å². The fourth-order valence-corrected chi connectivity index (χ4v) is 2.65. The first-order valence-electron chi connectivity index (χ1n) is 7.79. The largest absolute Gasteiger partial charge is 0.481 e. The van der Waals surface area contributed by atoms with Gasteiger partial charge in [-0.25, -0.2) is 4.98 Å². The fraction of sp³-hybridized carbons (Fsp3) is 0.529. The molecule has 0 bridgehead atoms. The van der Waals surface area contributed by atoms with Gasteiger partial charge in [0, 0.05) is 13.0 Å². The van der Waals surface area contributed by atoms with Crippen molar-refractivity contribution in [2.75, 3.05) is 0 Å². The van der Waals surface area contributed by atoms with Crippen molar-refractivity contribution in [1.82, 2.24) is 9.55 Å². The zero-order chi connectivity index (χ0) is 15.2. The average molecular weight is 288 g/mol. The summed E-state index contributed by atoms with van der Waals surface area (Å²) in [5.74, 6) is 0.130. The number of aromatic nitrogens is 2. The van der Waals surface area contributed by atoms with E-state index in [2.05, 4.69) is 41.6 Å². The Morgan fingerprint density at radius 3 is 2.81 bits per heavy atom. The minimum atomic E-state index is -0.768. The summed E-state index contributed by atoms with van der Waals surface area (Å²) < 4.78 is 2.20. The molecule has 1 aromatic carbocycles. The van der Waals surface area contributed by atoms with Gasteiger partial charge >= 0.3 is 5.97 Å². The number of benzene rings is 1. The lowest BCUT2D eigenvalue weighted by molar-refractivity contribution is -0.137. The molecule has 4 nitrogen and oxygen atoms in total. The Morgan fingerprint density at radius 1 is 1.29 bits per heavy atom. The van der Waals surface area contributed by atoms with E-state index < -0.39 is 5.97 Å². The lowest BCUT2D eigenvalue weighted by Crippen LogP contribution is -2.07. The van der Waals surface area contributed by atoms with E-state index in [9.17, 15) is 4.79 Å². The molecule has 21 heavy (non-hydrogen) atoms. The quantitative estimate of drug-likeness (QED) is 0.748. The van der Waals surface area contributed by atoms with Crippen molar-refractivity contribution in [3.8, 4) is 0 Å². The van der Waals surface area contributed by atoms with Crippen LogP contribution >= 0.6 is 0 Å². The molecule has 0 aliphatic heterocycles. The zero-order valence-corrected chi connectivity index (χ0v) is 12.9. The van der Waals surface area contributed by atoms with Gasteiger partial charge in [0.25, 0.3) is 0 Å². The molecular weight excluding hydrogens is 264 g/mol. The second-order valence-corrected chi connectivity index (χ2v) is 5.63. The van der Waals surface area contributed by atoms with E-state index in [1.165, 1.54) is 24.8 Å². The summed E-state index contributed by atoms with van der Waals surface area (Å²) in [5, 5.41) is 8.89. The number of fused-ring (bicyclic) bond motifs is 1. The number of aliphatic carboxylic acids is 1. The Bertz CT molecular complexity index is 617. The van der Waals surface area contributed by atoms with Crippen LogP contribution < -0.4 is 0 Å². The van der Waals surface area contributed by atoms with Gasteiger partial charge in [0.05, 0.1) is 17.5 Å². The Labute approximate surface area is 125 Å². The van der Waals surface area contributed by atoms with Crippen LogP contribution in [-0.2, 0) is 17.8 Å². The van der Waals surface area contributed by atoms with Gasteiger partial charge in [-0.15, -0.1) is 0 Å². The zero-order valence-electron chi connectivity index (χ0n) is 12.9. The number of rotatable bonds is 8. The lowest BCUT2D eigenvalue weighted by atomic mass is 10.2. The predicted molar refractivity (Wildman–Crippen MR) is 84.6 cm³/mol. The summed E-state index contributed by atoms with van der Waals surface area (Å²) in [6, 6.07) is 6.26. The lowest BCUT2D eigenvalue weighted by Gasteiger charge is -2.08. The van der Waals surface area contributed by atoms with Crippen LogP contribution in [0.2, 0.25) is 0 Å². The van der Waals surface area contributed by atoms with Crippen molar-refractivity contribution >= 4 is 17.0 Å². The monoisotopic (exact) mass is 288 g/mol. The molecule has 1 N–H and O–H groups in total. The third kappa shape index (κ3) is 4.06. The summed E-state index contributed by atoms with van der Waals surface area (Å²) in [6.07, 6.45) is 5.42. The van der Waals surface area contributed by atoms with Crippen molar-refractivity contribution in [3.63, 3.8) is 0 Å². The number of carboxylic acid groups (broad SMARTS) is 1. The molecule has 0 radical (unpaired) electrons. The van der Waals surface area contributed by atoms with Crippen LogP contribution in [0.1, 0.15) is 50.4 Å². The first-order valence-corrected chi connectivity index (χ1v) is 7.79. The molecule has 1 heterocycles. The molecule has 0 spiro atoms.